The van der Waals surface area contributed by atoms with E-state index in [2.05, 4.69) is 0 Å². The summed E-state index contributed by atoms with van der Waals surface area (Å²) in [6.07, 6.45) is 0.397. The number of benzene rings is 1. The van der Waals surface area contributed by atoms with Gasteiger partial charge in [-0.15, -0.1) is 0 Å². The molecule has 0 amide bonds. The fourth-order valence-corrected chi connectivity index (χ4v) is 1.18. The van der Waals surface area contributed by atoms with Crippen molar-refractivity contribution in [2.45, 2.75) is 13.3 Å². The second kappa shape index (κ2) is 5.40. The monoisotopic (exact) mass is 193 g/mol. The fraction of sp³-hybridized carbons (Fsp3) is 0.364. The van der Waals surface area contributed by atoms with Crippen molar-refractivity contribution in [3.05, 3.63) is 29.8 Å². The van der Waals surface area contributed by atoms with Gasteiger partial charge in [-0.3, -0.25) is 4.79 Å². The van der Waals surface area contributed by atoms with Crippen molar-refractivity contribution in [3.63, 3.8) is 0 Å². The van der Waals surface area contributed by atoms with Gasteiger partial charge >= 0.3 is 0 Å². The maximum absolute atomic E-state index is 11.4. The molecule has 0 aliphatic carbocycles. The molecule has 0 heterocycles. The zero-order chi connectivity index (χ0) is 10.4. The van der Waals surface area contributed by atoms with Crippen molar-refractivity contribution in [1.82, 2.24) is 0 Å². The average molecular weight is 193 g/mol. The highest BCUT2D eigenvalue weighted by Crippen LogP contribution is 2.12. The molecule has 2 N–H and O–H groups in total. The molecule has 0 aliphatic heterocycles. The van der Waals surface area contributed by atoms with Crippen molar-refractivity contribution in [1.29, 1.82) is 0 Å². The predicted octanol–water partition coefficient (Wildman–Crippen LogP) is 1.62. The molecule has 0 aliphatic rings. The lowest BCUT2D eigenvalue weighted by molar-refractivity contribution is 0.0985. The van der Waals surface area contributed by atoms with E-state index in [-0.39, 0.29) is 5.78 Å². The number of hydrogen-bond acceptors (Lipinski definition) is 3. The normalized spacial score (nSPS) is 9.86. The number of nitrogens with two attached hydrogens (primary N) is 1. The molecule has 0 atom stereocenters. The van der Waals surface area contributed by atoms with Crippen LogP contribution in [0.1, 0.15) is 23.7 Å². The average Bonchev–Trinajstić information content (AvgIpc) is 2.20. The molecule has 0 aromatic heterocycles. The van der Waals surface area contributed by atoms with Gasteiger partial charge in [-0.05, 0) is 37.7 Å². The van der Waals surface area contributed by atoms with Gasteiger partial charge in [0.25, 0.3) is 0 Å². The van der Waals surface area contributed by atoms with Gasteiger partial charge in [0, 0.05) is 12.0 Å². The highest BCUT2D eigenvalue weighted by atomic mass is 16.5. The minimum atomic E-state index is 0.0792. The maximum atomic E-state index is 11.4. The summed E-state index contributed by atoms with van der Waals surface area (Å²) in [6.45, 7) is 2.95. The molecule has 1 rings (SSSR count). The Morgan fingerprint density at radius 3 is 2.50 bits per heavy atom. The summed E-state index contributed by atoms with van der Waals surface area (Å²) in [6, 6.07) is 7.13. The van der Waals surface area contributed by atoms with Crippen LogP contribution < -0.4 is 10.5 Å². The Hall–Kier alpha value is -1.35. The fourth-order valence-electron chi connectivity index (χ4n) is 1.18. The van der Waals surface area contributed by atoms with Gasteiger partial charge in [0.05, 0.1) is 6.61 Å². The first-order chi connectivity index (χ1) is 6.77. The Morgan fingerprint density at radius 2 is 2.00 bits per heavy atom. The Kier molecular flexibility index (Phi) is 4.13. The first-order valence-electron chi connectivity index (χ1n) is 4.74. The first kappa shape index (κ1) is 10.7. The largest absolute Gasteiger partial charge is 0.494 e. The van der Waals surface area contributed by atoms with E-state index < -0.39 is 0 Å². The third-order valence-corrected chi connectivity index (χ3v) is 1.86. The van der Waals surface area contributed by atoms with E-state index >= 15 is 0 Å². The second-order valence-electron chi connectivity index (χ2n) is 2.92. The van der Waals surface area contributed by atoms with Gasteiger partial charge < -0.3 is 10.5 Å². The predicted molar refractivity (Wildman–Crippen MR) is 55.6 cm³/mol. The zero-order valence-electron chi connectivity index (χ0n) is 8.32. The Balaban J connectivity index is 2.67. The summed E-state index contributed by atoms with van der Waals surface area (Å²) in [5.74, 6) is 0.868. The summed E-state index contributed by atoms with van der Waals surface area (Å²) in [4.78, 5) is 11.4. The molecule has 0 spiro atoms. The molecule has 0 radical (unpaired) electrons. The van der Waals surface area contributed by atoms with Gasteiger partial charge in [0.2, 0.25) is 0 Å². The third kappa shape index (κ3) is 2.85. The number of rotatable bonds is 5. The topological polar surface area (TPSA) is 52.3 Å². The van der Waals surface area contributed by atoms with Crippen molar-refractivity contribution in [2.75, 3.05) is 13.2 Å². The van der Waals surface area contributed by atoms with Gasteiger partial charge in [-0.2, -0.15) is 0 Å². The Bertz CT molecular complexity index is 293. The molecule has 76 valence electrons. The third-order valence-electron chi connectivity index (χ3n) is 1.86. The smallest absolute Gasteiger partial charge is 0.164 e. The Morgan fingerprint density at radius 1 is 1.36 bits per heavy atom. The van der Waals surface area contributed by atoms with Gasteiger partial charge in [-0.1, -0.05) is 0 Å². The summed E-state index contributed by atoms with van der Waals surface area (Å²) >= 11 is 0. The molecule has 1 aromatic carbocycles. The minimum absolute atomic E-state index is 0.0792. The Labute approximate surface area is 83.9 Å². The van der Waals surface area contributed by atoms with E-state index in [1.807, 2.05) is 6.92 Å². The molecular weight excluding hydrogens is 178 g/mol. The molecule has 0 unspecified atom stereocenters. The number of carbonyl (C=O) groups is 1. The molecular formula is C11H15NO2. The minimum Gasteiger partial charge on any atom is -0.494 e. The summed E-state index contributed by atoms with van der Waals surface area (Å²) < 4.78 is 5.26. The van der Waals surface area contributed by atoms with Crippen LogP contribution in [0.15, 0.2) is 24.3 Å². The molecule has 0 saturated heterocycles. The lowest BCUT2D eigenvalue weighted by Gasteiger charge is -2.03. The van der Waals surface area contributed by atoms with E-state index in [1.54, 1.807) is 24.3 Å². The number of ether oxygens (including phenoxy) is 1. The SMILES string of the molecule is CCOc1ccc(C(=O)CCN)cc1. The van der Waals surface area contributed by atoms with Crippen LogP contribution in [0.25, 0.3) is 0 Å². The van der Waals surface area contributed by atoms with E-state index in [0.717, 1.165) is 5.75 Å². The number of Topliss-reactive ketones (excluding diaryl/α,β-unsaturated/α-hetero) is 1. The lowest BCUT2D eigenvalue weighted by atomic mass is 10.1. The van der Waals surface area contributed by atoms with Gasteiger partial charge in [-0.25, -0.2) is 0 Å². The summed E-state index contributed by atoms with van der Waals surface area (Å²) in [7, 11) is 0. The summed E-state index contributed by atoms with van der Waals surface area (Å²) in [5.41, 5.74) is 5.99. The van der Waals surface area contributed by atoms with Gasteiger partial charge in [0.1, 0.15) is 5.75 Å². The number of ketones is 1. The molecule has 0 fully saturated rings. The highest BCUT2D eigenvalue weighted by molar-refractivity contribution is 5.96. The van der Waals surface area contributed by atoms with Crippen LogP contribution in [0, 0.1) is 0 Å². The molecule has 0 saturated carbocycles. The highest BCUT2D eigenvalue weighted by Gasteiger charge is 2.03. The quantitative estimate of drug-likeness (QED) is 0.723. The molecule has 14 heavy (non-hydrogen) atoms. The van der Waals surface area contributed by atoms with Crippen molar-refractivity contribution < 1.29 is 9.53 Å². The van der Waals surface area contributed by atoms with Crippen LogP contribution in [0.4, 0.5) is 0 Å². The van der Waals surface area contributed by atoms with E-state index in [0.29, 0.717) is 25.1 Å². The number of hydrogen-bond donors (Lipinski definition) is 1. The van der Waals surface area contributed by atoms with Crippen LogP contribution in [-0.4, -0.2) is 18.9 Å². The van der Waals surface area contributed by atoms with Crippen LogP contribution in [0.3, 0.4) is 0 Å². The number of carbonyl (C=O) groups excluding carboxylic acids is 1. The maximum Gasteiger partial charge on any atom is 0.164 e. The second-order valence-corrected chi connectivity index (χ2v) is 2.92. The van der Waals surface area contributed by atoms with Crippen LogP contribution in [-0.2, 0) is 0 Å². The zero-order valence-corrected chi connectivity index (χ0v) is 8.32. The van der Waals surface area contributed by atoms with Crippen LogP contribution in [0.2, 0.25) is 0 Å². The van der Waals surface area contributed by atoms with Gasteiger partial charge in [0.15, 0.2) is 5.78 Å². The molecule has 0 bridgehead atoms. The van der Waals surface area contributed by atoms with E-state index in [9.17, 15) is 4.79 Å². The van der Waals surface area contributed by atoms with Crippen LogP contribution >= 0.6 is 0 Å². The van der Waals surface area contributed by atoms with Crippen molar-refractivity contribution in [2.24, 2.45) is 5.73 Å². The van der Waals surface area contributed by atoms with E-state index in [1.165, 1.54) is 0 Å². The van der Waals surface area contributed by atoms with Crippen molar-refractivity contribution >= 4 is 5.78 Å². The van der Waals surface area contributed by atoms with Crippen LogP contribution in [0.5, 0.6) is 5.75 Å². The molecule has 3 nitrogen and oxygen atoms in total. The summed E-state index contributed by atoms with van der Waals surface area (Å²) in [5, 5.41) is 0. The van der Waals surface area contributed by atoms with E-state index in [4.69, 9.17) is 10.5 Å². The standard InChI is InChI=1S/C11H15NO2/c1-2-14-10-5-3-9(4-6-10)11(13)7-8-12/h3-6H,2,7-8,12H2,1H3. The lowest BCUT2D eigenvalue weighted by Crippen LogP contribution is -2.07. The molecule has 1 aromatic rings. The van der Waals surface area contributed by atoms with Crippen molar-refractivity contribution in [3.8, 4) is 5.75 Å². The first-order valence-corrected chi connectivity index (χ1v) is 4.74. The molecule has 3 heteroatoms.